The summed E-state index contributed by atoms with van der Waals surface area (Å²) in [5.41, 5.74) is 0. The van der Waals surface area contributed by atoms with E-state index in [0.29, 0.717) is 22.4 Å². The third kappa shape index (κ3) is 3.31. The second-order valence-corrected chi connectivity index (χ2v) is 4.86. The molecule has 0 bridgehead atoms. The first-order chi connectivity index (χ1) is 6.61. The van der Waals surface area contributed by atoms with Gasteiger partial charge in [-0.05, 0) is 23.8 Å². The fourth-order valence-corrected chi connectivity index (χ4v) is 2.07. The Labute approximate surface area is 93.3 Å². The van der Waals surface area contributed by atoms with Crippen molar-refractivity contribution < 1.29 is 4.79 Å². The van der Waals surface area contributed by atoms with Gasteiger partial charge in [0, 0.05) is 6.54 Å². The van der Waals surface area contributed by atoms with Crippen LogP contribution < -0.4 is 5.32 Å². The lowest BCUT2D eigenvalue weighted by molar-refractivity contribution is 0.0956. The monoisotopic (exact) mass is 231 g/mol. The Hall–Kier alpha value is -0.540. The van der Waals surface area contributed by atoms with Gasteiger partial charge in [0.25, 0.3) is 5.91 Å². The zero-order valence-corrected chi connectivity index (χ0v) is 9.91. The third-order valence-electron chi connectivity index (χ3n) is 1.83. The largest absolute Gasteiger partial charge is 0.351 e. The number of hydrogen-bond donors (Lipinski definition) is 1. The van der Waals surface area contributed by atoms with Crippen LogP contribution in [-0.2, 0) is 0 Å². The summed E-state index contributed by atoms with van der Waals surface area (Å²) in [5, 5.41) is 5.20. The van der Waals surface area contributed by atoms with Crippen LogP contribution in [0, 0.1) is 5.92 Å². The van der Waals surface area contributed by atoms with E-state index in [-0.39, 0.29) is 5.91 Å². The molecule has 4 heteroatoms. The van der Waals surface area contributed by atoms with E-state index in [1.165, 1.54) is 11.3 Å². The summed E-state index contributed by atoms with van der Waals surface area (Å²) in [5.74, 6) is 0.541. The highest BCUT2D eigenvalue weighted by molar-refractivity contribution is 7.12. The minimum atomic E-state index is -0.0642. The average molecular weight is 232 g/mol. The topological polar surface area (TPSA) is 29.1 Å². The molecule has 0 radical (unpaired) electrons. The van der Waals surface area contributed by atoms with Gasteiger partial charge in [0.15, 0.2) is 0 Å². The lowest BCUT2D eigenvalue weighted by Crippen LogP contribution is -2.24. The molecule has 1 rings (SSSR count). The lowest BCUT2D eigenvalue weighted by atomic mass is 10.1. The van der Waals surface area contributed by atoms with Gasteiger partial charge in [0.2, 0.25) is 0 Å². The molecule has 2 nitrogen and oxygen atoms in total. The van der Waals surface area contributed by atoms with E-state index in [1.807, 2.05) is 5.38 Å². The summed E-state index contributed by atoms with van der Waals surface area (Å²) in [7, 11) is 0. The van der Waals surface area contributed by atoms with Gasteiger partial charge in [-0.2, -0.15) is 0 Å². The standard InChI is InChI=1S/C10H14ClNOS/c1-7(2)3-5-12-10(13)9-8(11)4-6-14-9/h4,6-7H,3,5H2,1-2H3,(H,12,13). The van der Waals surface area contributed by atoms with E-state index < -0.39 is 0 Å². The maximum absolute atomic E-state index is 11.5. The fraction of sp³-hybridized carbons (Fsp3) is 0.500. The van der Waals surface area contributed by atoms with Crippen molar-refractivity contribution >= 4 is 28.8 Å². The number of carbonyl (C=O) groups is 1. The van der Waals surface area contributed by atoms with Crippen molar-refractivity contribution in [1.82, 2.24) is 5.32 Å². The summed E-state index contributed by atoms with van der Waals surface area (Å²) < 4.78 is 0. The van der Waals surface area contributed by atoms with Crippen molar-refractivity contribution in [2.24, 2.45) is 5.92 Å². The molecule has 1 amide bonds. The molecule has 1 aromatic rings. The zero-order valence-electron chi connectivity index (χ0n) is 8.34. The molecule has 1 N–H and O–H groups in total. The van der Waals surface area contributed by atoms with Gasteiger partial charge in [0.05, 0.1) is 5.02 Å². The Morgan fingerprint density at radius 1 is 1.64 bits per heavy atom. The fourth-order valence-electron chi connectivity index (χ4n) is 1.01. The van der Waals surface area contributed by atoms with Gasteiger partial charge in [-0.1, -0.05) is 25.4 Å². The second kappa shape index (κ2) is 5.37. The summed E-state index contributed by atoms with van der Waals surface area (Å²) in [6, 6.07) is 1.74. The van der Waals surface area contributed by atoms with Gasteiger partial charge in [0.1, 0.15) is 4.88 Å². The molecule has 0 saturated heterocycles. The molecule has 0 saturated carbocycles. The van der Waals surface area contributed by atoms with Crippen molar-refractivity contribution in [2.45, 2.75) is 20.3 Å². The highest BCUT2D eigenvalue weighted by Crippen LogP contribution is 2.21. The Morgan fingerprint density at radius 3 is 2.86 bits per heavy atom. The highest BCUT2D eigenvalue weighted by atomic mass is 35.5. The molecule has 1 heterocycles. The molecule has 0 spiro atoms. The van der Waals surface area contributed by atoms with E-state index in [0.717, 1.165) is 6.42 Å². The zero-order chi connectivity index (χ0) is 10.6. The summed E-state index contributed by atoms with van der Waals surface area (Å²) >= 11 is 7.20. The first kappa shape index (κ1) is 11.5. The molecule has 0 unspecified atom stereocenters. The SMILES string of the molecule is CC(C)CCNC(=O)c1sccc1Cl. The number of amides is 1. The molecular weight excluding hydrogens is 218 g/mol. The Bertz CT molecular complexity index is 309. The molecule has 78 valence electrons. The number of nitrogens with one attached hydrogen (secondary N) is 1. The predicted octanol–water partition coefficient (Wildman–Crippen LogP) is 3.18. The highest BCUT2D eigenvalue weighted by Gasteiger charge is 2.10. The van der Waals surface area contributed by atoms with Gasteiger partial charge in [-0.25, -0.2) is 0 Å². The predicted molar refractivity (Wildman–Crippen MR) is 61.1 cm³/mol. The molecule has 14 heavy (non-hydrogen) atoms. The molecular formula is C10H14ClNOS. The summed E-state index contributed by atoms with van der Waals surface area (Å²) in [6.45, 7) is 4.97. The molecule has 1 aromatic heterocycles. The Kier molecular flexibility index (Phi) is 4.42. The molecule has 0 aromatic carbocycles. The van der Waals surface area contributed by atoms with Crippen molar-refractivity contribution in [3.8, 4) is 0 Å². The maximum Gasteiger partial charge on any atom is 0.262 e. The molecule has 0 fully saturated rings. The van der Waals surface area contributed by atoms with Crippen molar-refractivity contribution in [3.63, 3.8) is 0 Å². The first-order valence-electron chi connectivity index (χ1n) is 4.62. The van der Waals surface area contributed by atoms with Gasteiger partial charge >= 0.3 is 0 Å². The van der Waals surface area contributed by atoms with Gasteiger partial charge in [-0.3, -0.25) is 4.79 Å². The minimum Gasteiger partial charge on any atom is -0.351 e. The van der Waals surface area contributed by atoms with Crippen LogP contribution in [0.4, 0.5) is 0 Å². The molecule has 0 aliphatic heterocycles. The second-order valence-electron chi connectivity index (χ2n) is 3.54. The Morgan fingerprint density at radius 2 is 2.36 bits per heavy atom. The molecule has 0 aliphatic carbocycles. The number of hydrogen-bond acceptors (Lipinski definition) is 2. The lowest BCUT2D eigenvalue weighted by Gasteiger charge is -2.05. The first-order valence-corrected chi connectivity index (χ1v) is 5.88. The van der Waals surface area contributed by atoms with Crippen molar-refractivity contribution in [3.05, 3.63) is 21.3 Å². The quantitative estimate of drug-likeness (QED) is 0.848. The summed E-state index contributed by atoms with van der Waals surface area (Å²) in [6.07, 6.45) is 0.995. The summed E-state index contributed by atoms with van der Waals surface area (Å²) in [4.78, 5) is 12.1. The molecule has 0 atom stereocenters. The van der Waals surface area contributed by atoms with Gasteiger partial charge < -0.3 is 5.32 Å². The van der Waals surface area contributed by atoms with Crippen molar-refractivity contribution in [1.29, 1.82) is 0 Å². The molecule has 0 aliphatic rings. The van der Waals surface area contributed by atoms with Crippen LogP contribution in [0.3, 0.4) is 0 Å². The minimum absolute atomic E-state index is 0.0642. The van der Waals surface area contributed by atoms with Crippen molar-refractivity contribution in [2.75, 3.05) is 6.54 Å². The van der Waals surface area contributed by atoms with Gasteiger partial charge in [-0.15, -0.1) is 11.3 Å². The van der Waals surface area contributed by atoms with Crippen LogP contribution in [0.2, 0.25) is 5.02 Å². The number of halogens is 1. The number of thiophene rings is 1. The van der Waals surface area contributed by atoms with E-state index in [1.54, 1.807) is 6.07 Å². The Balaban J connectivity index is 2.40. The van der Waals surface area contributed by atoms with Crippen LogP contribution in [0.1, 0.15) is 29.9 Å². The normalized spacial score (nSPS) is 10.6. The third-order valence-corrected chi connectivity index (χ3v) is 3.17. The van der Waals surface area contributed by atoms with Crippen LogP contribution in [-0.4, -0.2) is 12.5 Å². The van der Waals surface area contributed by atoms with Crippen LogP contribution in [0.25, 0.3) is 0 Å². The smallest absolute Gasteiger partial charge is 0.262 e. The van der Waals surface area contributed by atoms with E-state index >= 15 is 0 Å². The van der Waals surface area contributed by atoms with E-state index in [2.05, 4.69) is 19.2 Å². The average Bonchev–Trinajstić information content (AvgIpc) is 2.50. The number of rotatable bonds is 4. The number of carbonyl (C=O) groups excluding carboxylic acids is 1. The van der Waals surface area contributed by atoms with Crippen LogP contribution in [0.15, 0.2) is 11.4 Å². The van der Waals surface area contributed by atoms with E-state index in [4.69, 9.17) is 11.6 Å². The van der Waals surface area contributed by atoms with Crippen LogP contribution >= 0.6 is 22.9 Å². The maximum atomic E-state index is 11.5. The van der Waals surface area contributed by atoms with E-state index in [9.17, 15) is 4.79 Å². The van der Waals surface area contributed by atoms with Crippen LogP contribution in [0.5, 0.6) is 0 Å².